The lowest BCUT2D eigenvalue weighted by molar-refractivity contribution is -0.0205. The van der Waals surface area contributed by atoms with E-state index in [2.05, 4.69) is 30.6 Å². The van der Waals surface area contributed by atoms with E-state index in [9.17, 15) is 0 Å². The van der Waals surface area contributed by atoms with Crippen LogP contribution in [-0.2, 0) is 4.74 Å². The zero-order valence-corrected chi connectivity index (χ0v) is 12.6. The summed E-state index contributed by atoms with van der Waals surface area (Å²) in [6.07, 6.45) is 1.23. The van der Waals surface area contributed by atoms with E-state index < -0.39 is 0 Å². The first-order valence-electron chi connectivity index (χ1n) is 7.34. The van der Waals surface area contributed by atoms with Gasteiger partial charge in [0.25, 0.3) is 0 Å². The number of rotatable bonds is 7. The molecule has 108 valence electrons. The van der Waals surface area contributed by atoms with E-state index in [4.69, 9.17) is 10.5 Å². The summed E-state index contributed by atoms with van der Waals surface area (Å²) in [5.74, 6) is 0. The summed E-state index contributed by atoms with van der Waals surface area (Å²) in [7, 11) is 0. The molecule has 0 amide bonds. The Labute approximate surface area is 112 Å². The molecule has 2 atom stereocenters. The largest absolute Gasteiger partial charge is 0.380 e. The lowest BCUT2D eigenvalue weighted by Crippen LogP contribution is -2.61. The smallest absolute Gasteiger partial charge is 0.0659 e. The van der Waals surface area contributed by atoms with Gasteiger partial charge in [0.05, 0.1) is 12.1 Å². The van der Waals surface area contributed by atoms with Gasteiger partial charge in [-0.25, -0.2) is 0 Å². The minimum Gasteiger partial charge on any atom is -0.380 e. The van der Waals surface area contributed by atoms with Gasteiger partial charge >= 0.3 is 0 Å². The molecule has 1 fully saturated rings. The molecular formula is C14H31N3O. The zero-order chi connectivity index (χ0) is 13.6. The average molecular weight is 257 g/mol. The summed E-state index contributed by atoms with van der Waals surface area (Å²) in [6, 6.07) is 0.697. The van der Waals surface area contributed by atoms with E-state index >= 15 is 0 Å². The van der Waals surface area contributed by atoms with Crippen LogP contribution in [0.3, 0.4) is 0 Å². The molecule has 18 heavy (non-hydrogen) atoms. The van der Waals surface area contributed by atoms with Gasteiger partial charge in [-0.2, -0.15) is 0 Å². The fourth-order valence-corrected chi connectivity index (χ4v) is 2.56. The minimum absolute atomic E-state index is 0.00243. The predicted octanol–water partition coefficient (Wildman–Crippen LogP) is 1.16. The average Bonchev–Trinajstić information content (AvgIpc) is 2.44. The Morgan fingerprint density at radius 2 is 1.83 bits per heavy atom. The van der Waals surface area contributed by atoms with Crippen molar-refractivity contribution in [1.29, 1.82) is 0 Å². The SMILES string of the molecule is CCOCC(C)(CN)N1CCN(C(C)CC)CC1. The van der Waals surface area contributed by atoms with Gasteiger partial charge in [0, 0.05) is 45.4 Å². The first-order valence-corrected chi connectivity index (χ1v) is 7.34. The molecule has 0 aromatic rings. The van der Waals surface area contributed by atoms with Crippen molar-refractivity contribution in [1.82, 2.24) is 9.80 Å². The van der Waals surface area contributed by atoms with E-state index in [1.807, 2.05) is 6.92 Å². The molecule has 0 saturated carbocycles. The van der Waals surface area contributed by atoms with Gasteiger partial charge in [0.1, 0.15) is 0 Å². The van der Waals surface area contributed by atoms with Crippen LogP contribution in [0, 0.1) is 0 Å². The van der Waals surface area contributed by atoms with Crippen LogP contribution in [0.5, 0.6) is 0 Å². The highest BCUT2D eigenvalue weighted by atomic mass is 16.5. The zero-order valence-electron chi connectivity index (χ0n) is 12.6. The van der Waals surface area contributed by atoms with Crippen molar-refractivity contribution in [2.45, 2.75) is 45.7 Å². The van der Waals surface area contributed by atoms with Crippen molar-refractivity contribution in [2.24, 2.45) is 5.73 Å². The van der Waals surface area contributed by atoms with Gasteiger partial charge in [0.15, 0.2) is 0 Å². The first-order chi connectivity index (χ1) is 8.57. The second-order valence-corrected chi connectivity index (χ2v) is 5.62. The van der Waals surface area contributed by atoms with Crippen LogP contribution in [0.2, 0.25) is 0 Å². The van der Waals surface area contributed by atoms with Crippen molar-refractivity contribution in [3.63, 3.8) is 0 Å². The van der Waals surface area contributed by atoms with Crippen molar-refractivity contribution < 1.29 is 4.74 Å². The Hall–Kier alpha value is -0.160. The highest BCUT2D eigenvalue weighted by Crippen LogP contribution is 2.18. The third-order valence-electron chi connectivity index (χ3n) is 4.35. The molecule has 1 saturated heterocycles. The standard InChI is InChI=1S/C14H31N3O/c1-5-13(3)16-7-9-17(10-8-16)14(4,11-15)12-18-6-2/h13H,5-12,15H2,1-4H3. The molecule has 0 aromatic carbocycles. The molecule has 1 aliphatic heterocycles. The Kier molecular flexibility index (Phi) is 6.57. The monoisotopic (exact) mass is 257 g/mol. The maximum absolute atomic E-state index is 5.96. The third-order valence-corrected chi connectivity index (χ3v) is 4.35. The fourth-order valence-electron chi connectivity index (χ4n) is 2.56. The second-order valence-electron chi connectivity index (χ2n) is 5.62. The van der Waals surface area contributed by atoms with Gasteiger partial charge in [-0.15, -0.1) is 0 Å². The molecule has 0 spiro atoms. The molecule has 0 bridgehead atoms. The van der Waals surface area contributed by atoms with Crippen molar-refractivity contribution in [3.8, 4) is 0 Å². The third kappa shape index (κ3) is 3.92. The molecule has 4 heteroatoms. The molecule has 0 aromatic heterocycles. The second kappa shape index (κ2) is 7.43. The minimum atomic E-state index is -0.00243. The Bertz CT molecular complexity index is 229. The Morgan fingerprint density at radius 3 is 2.28 bits per heavy atom. The van der Waals surface area contributed by atoms with Crippen LogP contribution in [0.1, 0.15) is 34.1 Å². The number of nitrogens with two attached hydrogens (primary N) is 1. The van der Waals surface area contributed by atoms with E-state index in [0.717, 1.165) is 39.4 Å². The molecule has 1 aliphatic rings. The summed E-state index contributed by atoms with van der Waals surface area (Å²) >= 11 is 0. The molecule has 2 unspecified atom stereocenters. The molecule has 1 rings (SSSR count). The van der Waals surface area contributed by atoms with Crippen molar-refractivity contribution in [2.75, 3.05) is 45.9 Å². The van der Waals surface area contributed by atoms with Gasteiger partial charge in [-0.05, 0) is 27.2 Å². The Morgan fingerprint density at radius 1 is 1.22 bits per heavy atom. The van der Waals surface area contributed by atoms with Crippen LogP contribution in [0.15, 0.2) is 0 Å². The predicted molar refractivity (Wildman–Crippen MR) is 76.9 cm³/mol. The van der Waals surface area contributed by atoms with Gasteiger partial charge < -0.3 is 10.5 Å². The topological polar surface area (TPSA) is 41.7 Å². The van der Waals surface area contributed by atoms with Crippen LogP contribution < -0.4 is 5.73 Å². The molecule has 0 radical (unpaired) electrons. The molecule has 4 nitrogen and oxygen atoms in total. The highest BCUT2D eigenvalue weighted by molar-refractivity contribution is 4.91. The summed E-state index contributed by atoms with van der Waals surface area (Å²) < 4.78 is 5.60. The summed E-state index contributed by atoms with van der Waals surface area (Å²) in [5.41, 5.74) is 5.96. The summed E-state index contributed by atoms with van der Waals surface area (Å²) in [5, 5.41) is 0. The van der Waals surface area contributed by atoms with E-state index in [0.29, 0.717) is 12.6 Å². The quantitative estimate of drug-likeness (QED) is 0.743. The summed E-state index contributed by atoms with van der Waals surface area (Å²) in [4.78, 5) is 5.08. The number of ether oxygens (including phenoxy) is 1. The van der Waals surface area contributed by atoms with E-state index in [1.54, 1.807) is 0 Å². The van der Waals surface area contributed by atoms with Crippen LogP contribution in [-0.4, -0.2) is 67.3 Å². The normalized spacial score (nSPS) is 23.8. The lowest BCUT2D eigenvalue weighted by Gasteiger charge is -2.46. The number of nitrogens with zero attached hydrogens (tertiary/aromatic N) is 2. The highest BCUT2D eigenvalue weighted by Gasteiger charge is 2.33. The lowest BCUT2D eigenvalue weighted by atomic mass is 9.99. The number of hydrogen-bond donors (Lipinski definition) is 1. The molecule has 1 heterocycles. The first kappa shape index (κ1) is 15.9. The summed E-state index contributed by atoms with van der Waals surface area (Å²) in [6.45, 7) is 15.5. The molecule has 0 aliphatic carbocycles. The van der Waals surface area contributed by atoms with E-state index in [-0.39, 0.29) is 5.54 Å². The number of hydrogen-bond acceptors (Lipinski definition) is 4. The van der Waals surface area contributed by atoms with Crippen molar-refractivity contribution in [3.05, 3.63) is 0 Å². The van der Waals surface area contributed by atoms with Gasteiger partial charge in [0.2, 0.25) is 0 Å². The molecular weight excluding hydrogens is 226 g/mol. The van der Waals surface area contributed by atoms with Crippen LogP contribution in [0.4, 0.5) is 0 Å². The maximum Gasteiger partial charge on any atom is 0.0659 e. The molecule has 2 N–H and O–H groups in total. The van der Waals surface area contributed by atoms with E-state index in [1.165, 1.54) is 6.42 Å². The van der Waals surface area contributed by atoms with Gasteiger partial charge in [-0.1, -0.05) is 6.92 Å². The van der Waals surface area contributed by atoms with Crippen LogP contribution in [0.25, 0.3) is 0 Å². The number of piperazine rings is 1. The maximum atomic E-state index is 5.96. The van der Waals surface area contributed by atoms with Gasteiger partial charge in [-0.3, -0.25) is 9.80 Å². The van der Waals surface area contributed by atoms with Crippen LogP contribution >= 0.6 is 0 Å². The Balaban J connectivity index is 2.49. The fraction of sp³-hybridized carbons (Fsp3) is 1.00. The van der Waals surface area contributed by atoms with Crippen molar-refractivity contribution >= 4 is 0 Å².